The van der Waals surface area contributed by atoms with Crippen molar-refractivity contribution in [3.05, 3.63) is 29.6 Å². The third-order valence-electron chi connectivity index (χ3n) is 2.69. The number of sulfonamides is 1. The minimum atomic E-state index is -3.65. The van der Waals surface area contributed by atoms with Gasteiger partial charge in [0.2, 0.25) is 10.0 Å². The van der Waals surface area contributed by atoms with Gasteiger partial charge in [-0.05, 0) is 31.0 Å². The number of nitrogens with zero attached hydrogens (tertiary/aromatic N) is 1. The van der Waals surface area contributed by atoms with Gasteiger partial charge in [0.1, 0.15) is 5.82 Å². The summed E-state index contributed by atoms with van der Waals surface area (Å²) in [7, 11) is -0.414. The van der Waals surface area contributed by atoms with Crippen molar-refractivity contribution in [1.82, 2.24) is 9.62 Å². The summed E-state index contributed by atoms with van der Waals surface area (Å²) < 4.78 is 39.4. The molecule has 0 unspecified atom stereocenters. The Balaban J connectivity index is 3.15. The zero-order valence-corrected chi connectivity index (χ0v) is 12.9. The Hall–Kier alpha value is -0.630. The lowest BCUT2D eigenvalue weighted by Gasteiger charge is -2.19. The van der Waals surface area contributed by atoms with Crippen molar-refractivity contribution >= 4 is 21.8 Å². The van der Waals surface area contributed by atoms with Gasteiger partial charge in [-0.3, -0.25) is 0 Å². The zero-order valence-electron chi connectivity index (χ0n) is 11.3. The van der Waals surface area contributed by atoms with Crippen LogP contribution in [-0.4, -0.2) is 45.4 Å². The molecule has 0 saturated heterocycles. The molecule has 0 saturated carbocycles. The van der Waals surface area contributed by atoms with Crippen molar-refractivity contribution in [2.24, 2.45) is 0 Å². The second-order valence-electron chi connectivity index (χ2n) is 4.10. The summed E-state index contributed by atoms with van der Waals surface area (Å²) >= 11 is 1.57. The van der Waals surface area contributed by atoms with Crippen LogP contribution in [0.5, 0.6) is 0 Å². The molecule has 0 fully saturated rings. The fourth-order valence-corrected chi connectivity index (χ4v) is 3.59. The van der Waals surface area contributed by atoms with Crippen molar-refractivity contribution < 1.29 is 12.8 Å². The Morgan fingerprint density at radius 1 is 1.42 bits per heavy atom. The Kier molecular flexibility index (Phi) is 6.25. The van der Waals surface area contributed by atoms with Crippen LogP contribution in [0.4, 0.5) is 4.39 Å². The van der Waals surface area contributed by atoms with Crippen LogP contribution in [0.15, 0.2) is 23.1 Å². The number of rotatable bonds is 7. The first-order chi connectivity index (χ1) is 8.93. The van der Waals surface area contributed by atoms with Gasteiger partial charge in [0, 0.05) is 25.9 Å². The maximum atomic E-state index is 13.3. The van der Waals surface area contributed by atoms with Gasteiger partial charge in [0.25, 0.3) is 0 Å². The fourth-order valence-electron chi connectivity index (χ4n) is 1.61. The summed E-state index contributed by atoms with van der Waals surface area (Å²) in [5, 5.41) is 2.89. The number of benzene rings is 1. The lowest BCUT2D eigenvalue weighted by Crippen LogP contribution is -2.30. The Labute approximate surface area is 118 Å². The van der Waals surface area contributed by atoms with Gasteiger partial charge in [0.15, 0.2) is 0 Å². The largest absolute Gasteiger partial charge is 0.316 e. The Bertz CT molecular complexity index is 520. The quantitative estimate of drug-likeness (QED) is 0.830. The van der Waals surface area contributed by atoms with Crippen molar-refractivity contribution in [1.29, 1.82) is 0 Å². The van der Waals surface area contributed by atoms with Crippen LogP contribution in [0.25, 0.3) is 0 Å². The molecular formula is C12H19FN2O2S2. The molecule has 1 rings (SSSR count). The van der Waals surface area contributed by atoms with E-state index in [9.17, 15) is 12.8 Å². The molecule has 0 aromatic heterocycles. The molecule has 7 heteroatoms. The van der Waals surface area contributed by atoms with E-state index in [1.165, 1.54) is 23.5 Å². The molecule has 108 valence electrons. The normalized spacial score (nSPS) is 12.1. The van der Waals surface area contributed by atoms with E-state index < -0.39 is 15.8 Å². The summed E-state index contributed by atoms with van der Waals surface area (Å²) in [5.74, 6) is 0.156. The summed E-state index contributed by atoms with van der Waals surface area (Å²) in [5.41, 5.74) is 0.569. The topological polar surface area (TPSA) is 49.4 Å². The molecule has 1 aromatic carbocycles. The van der Waals surface area contributed by atoms with Gasteiger partial charge < -0.3 is 5.32 Å². The molecule has 0 amide bonds. The van der Waals surface area contributed by atoms with Gasteiger partial charge >= 0.3 is 0 Å². The van der Waals surface area contributed by atoms with Crippen LogP contribution < -0.4 is 5.32 Å². The molecule has 1 aromatic rings. The summed E-state index contributed by atoms with van der Waals surface area (Å²) in [4.78, 5) is 0.0328. The second kappa shape index (κ2) is 7.23. The van der Waals surface area contributed by atoms with Crippen molar-refractivity contribution in [3.8, 4) is 0 Å². The van der Waals surface area contributed by atoms with E-state index in [-0.39, 0.29) is 4.90 Å². The molecule has 1 N–H and O–H groups in total. The first-order valence-corrected chi connectivity index (χ1v) is 8.65. The number of hydrogen-bond donors (Lipinski definition) is 1. The highest BCUT2D eigenvalue weighted by atomic mass is 32.2. The first-order valence-electron chi connectivity index (χ1n) is 5.81. The van der Waals surface area contributed by atoms with E-state index >= 15 is 0 Å². The van der Waals surface area contributed by atoms with Gasteiger partial charge in [-0.1, -0.05) is 6.07 Å². The van der Waals surface area contributed by atoms with Crippen LogP contribution >= 0.6 is 11.8 Å². The first kappa shape index (κ1) is 16.4. The molecule has 0 spiro atoms. The average molecular weight is 306 g/mol. The SMILES string of the molecule is CNCc1ccc(F)cc1S(=O)(=O)N(C)CCSC. The zero-order chi connectivity index (χ0) is 14.5. The highest BCUT2D eigenvalue weighted by molar-refractivity contribution is 7.98. The second-order valence-corrected chi connectivity index (χ2v) is 7.10. The van der Waals surface area contributed by atoms with Crippen LogP contribution in [0.2, 0.25) is 0 Å². The van der Waals surface area contributed by atoms with Crippen molar-refractivity contribution in [2.45, 2.75) is 11.4 Å². The lowest BCUT2D eigenvalue weighted by molar-refractivity contribution is 0.486. The number of halogens is 1. The van der Waals surface area contributed by atoms with E-state index in [1.54, 1.807) is 18.8 Å². The van der Waals surface area contributed by atoms with Gasteiger partial charge in [0.05, 0.1) is 4.90 Å². The summed E-state index contributed by atoms with van der Waals surface area (Å²) in [6, 6.07) is 3.85. The van der Waals surface area contributed by atoms with E-state index in [4.69, 9.17) is 0 Å². The van der Waals surface area contributed by atoms with E-state index in [0.29, 0.717) is 24.4 Å². The third kappa shape index (κ3) is 4.17. The Morgan fingerprint density at radius 3 is 2.68 bits per heavy atom. The monoisotopic (exact) mass is 306 g/mol. The molecule has 0 bridgehead atoms. The molecule has 0 radical (unpaired) electrons. The molecular weight excluding hydrogens is 287 g/mol. The number of hydrogen-bond acceptors (Lipinski definition) is 4. The van der Waals surface area contributed by atoms with Gasteiger partial charge in [-0.25, -0.2) is 17.1 Å². The number of thioether (sulfide) groups is 1. The van der Waals surface area contributed by atoms with Gasteiger partial charge in [-0.15, -0.1) is 0 Å². The van der Waals surface area contributed by atoms with E-state index in [0.717, 1.165) is 6.07 Å². The minimum Gasteiger partial charge on any atom is -0.316 e. The van der Waals surface area contributed by atoms with Crippen LogP contribution in [-0.2, 0) is 16.6 Å². The molecule has 0 heterocycles. The number of nitrogens with one attached hydrogen (secondary N) is 1. The molecule has 0 atom stereocenters. The highest BCUT2D eigenvalue weighted by Crippen LogP contribution is 2.21. The van der Waals surface area contributed by atoms with E-state index in [1.807, 2.05) is 6.26 Å². The molecule has 0 aliphatic carbocycles. The van der Waals surface area contributed by atoms with Crippen molar-refractivity contribution in [3.63, 3.8) is 0 Å². The molecule has 19 heavy (non-hydrogen) atoms. The van der Waals surface area contributed by atoms with Crippen LogP contribution in [0.1, 0.15) is 5.56 Å². The maximum Gasteiger partial charge on any atom is 0.243 e. The predicted molar refractivity (Wildman–Crippen MR) is 77.4 cm³/mol. The summed E-state index contributed by atoms with van der Waals surface area (Å²) in [6.45, 7) is 0.782. The molecule has 0 aliphatic rings. The highest BCUT2D eigenvalue weighted by Gasteiger charge is 2.23. The third-order valence-corrected chi connectivity index (χ3v) is 5.22. The Morgan fingerprint density at radius 2 is 2.11 bits per heavy atom. The van der Waals surface area contributed by atoms with Crippen molar-refractivity contribution in [2.75, 3.05) is 32.6 Å². The molecule has 4 nitrogen and oxygen atoms in total. The molecule has 0 aliphatic heterocycles. The smallest absolute Gasteiger partial charge is 0.243 e. The van der Waals surface area contributed by atoms with E-state index in [2.05, 4.69) is 5.32 Å². The predicted octanol–water partition coefficient (Wildman–Crippen LogP) is 1.53. The van der Waals surface area contributed by atoms with Gasteiger partial charge in [-0.2, -0.15) is 11.8 Å². The fraction of sp³-hybridized carbons (Fsp3) is 0.500. The maximum absolute atomic E-state index is 13.3. The summed E-state index contributed by atoms with van der Waals surface area (Å²) in [6.07, 6.45) is 1.91. The van der Waals surface area contributed by atoms with Crippen LogP contribution in [0, 0.1) is 5.82 Å². The van der Waals surface area contributed by atoms with Crippen LogP contribution in [0.3, 0.4) is 0 Å². The average Bonchev–Trinajstić information content (AvgIpc) is 2.38. The standard InChI is InChI=1S/C12H19FN2O2S2/c1-14-9-10-4-5-11(13)8-12(10)19(16,17)15(2)6-7-18-3/h4-5,8,14H,6-7,9H2,1-3H3. The minimum absolute atomic E-state index is 0.0328. The lowest BCUT2D eigenvalue weighted by atomic mass is 10.2.